The van der Waals surface area contributed by atoms with Gasteiger partial charge in [-0.15, -0.1) is 22.7 Å². The van der Waals surface area contributed by atoms with Crippen LogP contribution in [0, 0.1) is 19.7 Å². The summed E-state index contributed by atoms with van der Waals surface area (Å²) < 4.78 is 59.1. The molecule has 0 radical (unpaired) electrons. The van der Waals surface area contributed by atoms with E-state index >= 15 is 0 Å². The van der Waals surface area contributed by atoms with E-state index in [9.17, 15) is 22.4 Å². The maximum Gasteiger partial charge on any atom is 0.419 e. The zero-order valence-corrected chi connectivity index (χ0v) is 18.9. The van der Waals surface area contributed by atoms with Gasteiger partial charge in [0.1, 0.15) is 28.2 Å². The van der Waals surface area contributed by atoms with Crippen molar-refractivity contribution in [1.29, 1.82) is 0 Å². The molecule has 2 aromatic heterocycles. The predicted molar refractivity (Wildman–Crippen MR) is 117 cm³/mol. The summed E-state index contributed by atoms with van der Waals surface area (Å²) in [5, 5.41) is 9.87. The third kappa shape index (κ3) is 4.98. The molecule has 4 rings (SSSR count). The molecule has 11 heteroatoms. The summed E-state index contributed by atoms with van der Waals surface area (Å²) in [5.41, 5.74) is 1.09. The fourth-order valence-corrected chi connectivity index (χ4v) is 5.18. The molecule has 0 aliphatic rings. The number of thiazole rings is 2. The molecule has 0 aliphatic heterocycles. The summed E-state index contributed by atoms with van der Waals surface area (Å²) in [7, 11) is 0. The Labute approximate surface area is 193 Å². The first-order valence-electron chi connectivity index (χ1n) is 9.59. The van der Waals surface area contributed by atoms with Gasteiger partial charge in [-0.25, -0.2) is 14.4 Å². The van der Waals surface area contributed by atoms with Gasteiger partial charge >= 0.3 is 12.1 Å². The Morgan fingerprint density at radius 3 is 2.55 bits per heavy atom. The van der Waals surface area contributed by atoms with Crippen LogP contribution in [0.2, 0.25) is 0 Å². The maximum absolute atomic E-state index is 14.0. The number of hydrogen-bond donors (Lipinski definition) is 1. The fourth-order valence-electron chi connectivity index (χ4n) is 3.20. The second-order valence-corrected chi connectivity index (χ2v) is 9.47. The van der Waals surface area contributed by atoms with Crippen molar-refractivity contribution in [3.63, 3.8) is 0 Å². The number of benzene rings is 2. The Bertz CT molecular complexity index is 1360. The first-order chi connectivity index (χ1) is 15.5. The normalized spacial score (nSPS) is 11.8. The zero-order chi connectivity index (χ0) is 23.9. The van der Waals surface area contributed by atoms with Crippen LogP contribution in [0.1, 0.15) is 26.7 Å². The van der Waals surface area contributed by atoms with E-state index < -0.39 is 23.5 Å². The molecule has 0 atom stereocenters. The molecule has 0 saturated heterocycles. The molecule has 1 N–H and O–H groups in total. The molecule has 0 amide bonds. The third-order valence-electron chi connectivity index (χ3n) is 4.72. The highest BCUT2D eigenvalue weighted by atomic mass is 32.1. The van der Waals surface area contributed by atoms with Crippen LogP contribution in [0.25, 0.3) is 20.8 Å². The highest BCUT2D eigenvalue weighted by Gasteiger charge is 2.34. The van der Waals surface area contributed by atoms with E-state index in [0.717, 1.165) is 21.2 Å². The summed E-state index contributed by atoms with van der Waals surface area (Å²) in [6.45, 7) is 3.75. The first-order valence-corrected chi connectivity index (χ1v) is 11.2. The van der Waals surface area contributed by atoms with Gasteiger partial charge in [0.2, 0.25) is 0 Å². The van der Waals surface area contributed by atoms with Crippen LogP contribution < -0.4 is 4.74 Å². The second-order valence-electron chi connectivity index (χ2n) is 7.30. The van der Waals surface area contributed by atoms with Crippen molar-refractivity contribution >= 4 is 38.9 Å². The average molecular weight is 497 g/mol. The highest BCUT2D eigenvalue weighted by Crippen LogP contribution is 2.37. The van der Waals surface area contributed by atoms with Crippen LogP contribution in [0.4, 0.5) is 17.6 Å². The largest absolute Gasteiger partial charge is 0.486 e. The molecule has 4 aromatic rings. The van der Waals surface area contributed by atoms with Gasteiger partial charge in [-0.3, -0.25) is 4.79 Å². The number of carbonyl (C=O) groups is 1. The van der Waals surface area contributed by atoms with Crippen molar-refractivity contribution in [3.05, 3.63) is 62.9 Å². The number of ether oxygens (including phenoxy) is 1. The van der Waals surface area contributed by atoms with Crippen LogP contribution in [-0.2, 0) is 24.0 Å². The number of hydrogen-bond acceptors (Lipinski definition) is 6. The molecule has 172 valence electrons. The molecule has 0 fully saturated rings. The number of alkyl halides is 3. The standard InChI is InChI=1S/C22H16F4N2O3S2/c1-10-5-15-20(33-18(28-15)8-19(29)30)16(6-10)31-9-17-11(2)27-21(32-17)12-3-4-13(14(23)7-12)22(24,25)26/h3-7H,8-9H2,1-2H3,(H,29,30). The van der Waals surface area contributed by atoms with E-state index in [1.807, 2.05) is 19.1 Å². The Hall–Kier alpha value is -3.05. The fraction of sp³-hybridized carbons (Fsp3) is 0.227. The molecule has 2 heterocycles. The second kappa shape index (κ2) is 8.71. The molecule has 0 bridgehead atoms. The highest BCUT2D eigenvalue weighted by molar-refractivity contribution is 7.19. The number of aromatic nitrogens is 2. The molecular weight excluding hydrogens is 480 g/mol. The quantitative estimate of drug-likeness (QED) is 0.313. The number of carboxylic acid groups (broad SMARTS) is 1. The zero-order valence-electron chi connectivity index (χ0n) is 17.3. The Balaban J connectivity index is 1.58. The molecule has 0 spiro atoms. The average Bonchev–Trinajstić information content (AvgIpc) is 3.27. The van der Waals surface area contributed by atoms with Crippen molar-refractivity contribution in [2.45, 2.75) is 33.1 Å². The smallest absolute Gasteiger partial charge is 0.419 e. The molecule has 0 saturated carbocycles. The topological polar surface area (TPSA) is 72.3 Å². The van der Waals surface area contributed by atoms with Crippen LogP contribution in [0.15, 0.2) is 30.3 Å². The van der Waals surface area contributed by atoms with Gasteiger partial charge in [0.05, 0.1) is 32.8 Å². The van der Waals surface area contributed by atoms with Gasteiger partial charge in [0, 0.05) is 5.56 Å². The van der Waals surface area contributed by atoms with Crippen LogP contribution in [0.3, 0.4) is 0 Å². The molecule has 5 nitrogen and oxygen atoms in total. The lowest BCUT2D eigenvalue weighted by Crippen LogP contribution is -2.07. The minimum atomic E-state index is -4.76. The molecule has 0 aliphatic carbocycles. The number of rotatable bonds is 6. The molecule has 2 aromatic carbocycles. The minimum absolute atomic E-state index is 0.136. The van der Waals surface area contributed by atoms with Gasteiger partial charge in [0.25, 0.3) is 0 Å². The molecule has 0 unspecified atom stereocenters. The summed E-state index contributed by atoms with van der Waals surface area (Å²) in [5.74, 6) is -1.77. The van der Waals surface area contributed by atoms with Crippen molar-refractivity contribution in [2.75, 3.05) is 0 Å². The van der Waals surface area contributed by atoms with Gasteiger partial charge in [0.15, 0.2) is 0 Å². The predicted octanol–water partition coefficient (Wildman–Crippen LogP) is 6.40. The lowest BCUT2D eigenvalue weighted by atomic mass is 10.1. The summed E-state index contributed by atoms with van der Waals surface area (Å²) in [6.07, 6.45) is -4.95. The minimum Gasteiger partial charge on any atom is -0.486 e. The summed E-state index contributed by atoms with van der Waals surface area (Å²) in [6, 6.07) is 6.41. The van der Waals surface area contributed by atoms with E-state index in [1.165, 1.54) is 28.7 Å². The number of aliphatic carboxylic acids is 1. The van der Waals surface area contributed by atoms with Crippen molar-refractivity contribution in [1.82, 2.24) is 9.97 Å². The number of nitrogens with zero attached hydrogens (tertiary/aromatic N) is 2. The van der Waals surface area contributed by atoms with Crippen LogP contribution in [0.5, 0.6) is 5.75 Å². The lowest BCUT2D eigenvalue weighted by Gasteiger charge is -2.08. The number of carboxylic acids is 1. The molecular formula is C22H16F4N2O3S2. The van der Waals surface area contributed by atoms with Crippen LogP contribution >= 0.6 is 22.7 Å². The van der Waals surface area contributed by atoms with Crippen molar-refractivity contribution in [3.8, 4) is 16.3 Å². The van der Waals surface area contributed by atoms with Gasteiger partial charge in [-0.05, 0) is 43.7 Å². The third-order valence-corrected chi connectivity index (χ3v) is 6.99. The summed E-state index contributed by atoms with van der Waals surface area (Å²) in [4.78, 5) is 20.4. The Morgan fingerprint density at radius 2 is 1.88 bits per heavy atom. The van der Waals surface area contributed by atoms with E-state index in [1.54, 1.807) is 6.92 Å². The van der Waals surface area contributed by atoms with Crippen LogP contribution in [-0.4, -0.2) is 21.0 Å². The first kappa shape index (κ1) is 23.1. The Morgan fingerprint density at radius 1 is 1.12 bits per heavy atom. The maximum atomic E-state index is 14.0. The van der Waals surface area contributed by atoms with E-state index in [0.29, 0.717) is 33.0 Å². The van der Waals surface area contributed by atoms with E-state index in [4.69, 9.17) is 9.84 Å². The molecule has 33 heavy (non-hydrogen) atoms. The van der Waals surface area contributed by atoms with Gasteiger partial charge in [-0.2, -0.15) is 13.2 Å². The van der Waals surface area contributed by atoms with E-state index in [-0.39, 0.29) is 18.6 Å². The monoisotopic (exact) mass is 496 g/mol. The van der Waals surface area contributed by atoms with Crippen molar-refractivity contribution < 1.29 is 32.2 Å². The number of fused-ring (bicyclic) bond motifs is 1. The SMILES string of the molecule is Cc1cc(OCc2sc(-c3ccc(C(F)(F)F)c(F)c3)nc2C)c2sc(CC(=O)O)nc2c1. The Kier molecular flexibility index (Phi) is 6.10. The number of halogens is 4. The van der Waals surface area contributed by atoms with Gasteiger partial charge < -0.3 is 9.84 Å². The summed E-state index contributed by atoms with van der Waals surface area (Å²) >= 11 is 2.45. The number of aryl methyl sites for hydroxylation is 2. The van der Waals surface area contributed by atoms with Gasteiger partial charge in [-0.1, -0.05) is 6.07 Å². The lowest BCUT2D eigenvalue weighted by molar-refractivity contribution is -0.140. The van der Waals surface area contributed by atoms with E-state index in [2.05, 4.69) is 9.97 Å². The van der Waals surface area contributed by atoms with Crippen molar-refractivity contribution in [2.24, 2.45) is 0 Å².